The Hall–Kier alpha value is -2.27. The van der Waals surface area contributed by atoms with Crippen LogP contribution in [0, 0.1) is 5.92 Å². The highest BCUT2D eigenvalue weighted by atomic mass is 35.5. The molecule has 2 aromatic rings. The largest absolute Gasteiger partial charge is 0.451 e. The molecule has 0 spiro atoms. The molecule has 0 aliphatic carbocycles. The van der Waals surface area contributed by atoms with Gasteiger partial charge in [-0.15, -0.1) is 0 Å². The van der Waals surface area contributed by atoms with Crippen molar-refractivity contribution in [1.82, 2.24) is 9.80 Å². The molecule has 2 aliphatic rings. The number of carbonyl (C=O) groups is 2. The van der Waals surface area contributed by atoms with Crippen molar-refractivity contribution in [2.45, 2.75) is 19.3 Å². The second-order valence-corrected chi connectivity index (χ2v) is 7.32. The number of furan rings is 1. The predicted octanol–water partition coefficient (Wildman–Crippen LogP) is 3.68. The SMILES string of the molecule is O=C(c1ccc(-c2ccccc2Cl)o1)N1CCC(C(=O)N2CCCC2)C1. The van der Waals surface area contributed by atoms with Crippen molar-refractivity contribution in [3.05, 3.63) is 47.2 Å². The van der Waals surface area contributed by atoms with E-state index in [0.29, 0.717) is 23.9 Å². The summed E-state index contributed by atoms with van der Waals surface area (Å²) in [7, 11) is 0. The third kappa shape index (κ3) is 3.23. The maximum Gasteiger partial charge on any atom is 0.289 e. The molecule has 2 aliphatic heterocycles. The number of amides is 2. The topological polar surface area (TPSA) is 53.8 Å². The Morgan fingerprint density at radius 1 is 1.00 bits per heavy atom. The number of likely N-dealkylation sites (tertiary alicyclic amines) is 2. The van der Waals surface area contributed by atoms with Crippen LogP contribution >= 0.6 is 11.6 Å². The summed E-state index contributed by atoms with van der Waals surface area (Å²) in [5.41, 5.74) is 0.761. The van der Waals surface area contributed by atoms with Crippen LogP contribution in [0.5, 0.6) is 0 Å². The van der Waals surface area contributed by atoms with Crippen LogP contribution in [0.4, 0.5) is 0 Å². The molecule has 2 fully saturated rings. The molecule has 4 rings (SSSR count). The zero-order chi connectivity index (χ0) is 18.1. The Labute approximate surface area is 157 Å². The Morgan fingerprint density at radius 2 is 1.77 bits per heavy atom. The van der Waals surface area contributed by atoms with Crippen LogP contribution in [0.3, 0.4) is 0 Å². The molecular weight excluding hydrogens is 352 g/mol. The van der Waals surface area contributed by atoms with Crippen molar-refractivity contribution < 1.29 is 14.0 Å². The third-order valence-corrected chi connectivity index (χ3v) is 5.53. The van der Waals surface area contributed by atoms with Gasteiger partial charge in [0.25, 0.3) is 5.91 Å². The molecule has 0 bridgehead atoms. The van der Waals surface area contributed by atoms with Crippen LogP contribution in [0.25, 0.3) is 11.3 Å². The van der Waals surface area contributed by atoms with E-state index < -0.39 is 0 Å². The monoisotopic (exact) mass is 372 g/mol. The minimum Gasteiger partial charge on any atom is -0.451 e. The smallest absolute Gasteiger partial charge is 0.289 e. The first-order chi connectivity index (χ1) is 12.6. The molecule has 2 saturated heterocycles. The predicted molar refractivity (Wildman–Crippen MR) is 99.0 cm³/mol. The fourth-order valence-electron chi connectivity index (χ4n) is 3.76. The van der Waals surface area contributed by atoms with E-state index in [1.165, 1.54) is 0 Å². The highest BCUT2D eigenvalue weighted by molar-refractivity contribution is 6.33. The van der Waals surface area contributed by atoms with Gasteiger partial charge in [-0.3, -0.25) is 9.59 Å². The highest BCUT2D eigenvalue weighted by Crippen LogP contribution is 2.30. The van der Waals surface area contributed by atoms with E-state index in [4.69, 9.17) is 16.0 Å². The van der Waals surface area contributed by atoms with Crippen molar-refractivity contribution in [2.24, 2.45) is 5.92 Å². The van der Waals surface area contributed by atoms with E-state index in [1.807, 2.05) is 23.1 Å². The third-order valence-electron chi connectivity index (χ3n) is 5.20. The summed E-state index contributed by atoms with van der Waals surface area (Å²) in [6.45, 7) is 2.76. The lowest BCUT2D eigenvalue weighted by atomic mass is 10.1. The molecule has 1 atom stereocenters. The van der Waals surface area contributed by atoms with Crippen molar-refractivity contribution >= 4 is 23.4 Å². The highest BCUT2D eigenvalue weighted by Gasteiger charge is 2.35. The van der Waals surface area contributed by atoms with Gasteiger partial charge in [-0.2, -0.15) is 0 Å². The number of benzene rings is 1. The fourth-order valence-corrected chi connectivity index (χ4v) is 3.99. The lowest BCUT2D eigenvalue weighted by molar-refractivity contribution is -0.133. The van der Waals surface area contributed by atoms with Gasteiger partial charge >= 0.3 is 0 Å². The van der Waals surface area contributed by atoms with Crippen LogP contribution in [0.2, 0.25) is 5.02 Å². The van der Waals surface area contributed by atoms with Gasteiger partial charge in [-0.05, 0) is 43.5 Å². The quantitative estimate of drug-likeness (QED) is 0.825. The maximum atomic E-state index is 12.7. The lowest BCUT2D eigenvalue weighted by Crippen LogP contribution is -2.36. The van der Waals surface area contributed by atoms with E-state index in [0.717, 1.165) is 37.9 Å². The van der Waals surface area contributed by atoms with Crippen molar-refractivity contribution in [1.29, 1.82) is 0 Å². The number of hydrogen-bond donors (Lipinski definition) is 0. The van der Waals surface area contributed by atoms with Gasteiger partial charge in [0, 0.05) is 31.7 Å². The first kappa shape index (κ1) is 17.2. The van der Waals surface area contributed by atoms with E-state index in [9.17, 15) is 9.59 Å². The summed E-state index contributed by atoms with van der Waals surface area (Å²) in [4.78, 5) is 28.9. The standard InChI is InChI=1S/C20H21ClN2O3/c21-16-6-2-1-5-15(16)17-7-8-18(26-17)20(25)23-12-9-14(13-23)19(24)22-10-3-4-11-22/h1-2,5-8,14H,3-4,9-13H2. The zero-order valence-corrected chi connectivity index (χ0v) is 15.2. The summed E-state index contributed by atoms with van der Waals surface area (Å²) in [5.74, 6) is 0.793. The van der Waals surface area contributed by atoms with E-state index in [-0.39, 0.29) is 23.5 Å². The molecule has 0 radical (unpaired) electrons. The maximum absolute atomic E-state index is 12.7. The number of halogens is 1. The van der Waals surface area contributed by atoms with Gasteiger partial charge in [0.1, 0.15) is 5.76 Å². The Bertz CT molecular complexity index is 826. The molecule has 0 saturated carbocycles. The Morgan fingerprint density at radius 3 is 2.54 bits per heavy atom. The van der Waals surface area contributed by atoms with Gasteiger partial charge < -0.3 is 14.2 Å². The molecule has 3 heterocycles. The summed E-state index contributed by atoms with van der Waals surface area (Å²) in [5, 5.41) is 0.582. The normalized spacial score (nSPS) is 20.0. The number of nitrogens with zero attached hydrogens (tertiary/aromatic N) is 2. The number of hydrogen-bond acceptors (Lipinski definition) is 3. The molecule has 1 aromatic carbocycles. The average Bonchev–Trinajstić information content (AvgIpc) is 3.42. The minimum absolute atomic E-state index is 0.0879. The second-order valence-electron chi connectivity index (χ2n) is 6.91. The van der Waals surface area contributed by atoms with Crippen LogP contribution < -0.4 is 0 Å². The Kier molecular flexibility index (Phi) is 4.72. The minimum atomic E-state index is -0.167. The molecule has 6 heteroatoms. The molecular formula is C20H21ClN2O3. The molecule has 0 N–H and O–H groups in total. The first-order valence-electron chi connectivity index (χ1n) is 9.06. The van der Waals surface area contributed by atoms with Crippen LogP contribution in [0.15, 0.2) is 40.8 Å². The van der Waals surface area contributed by atoms with E-state index in [1.54, 1.807) is 23.1 Å². The van der Waals surface area contributed by atoms with Crippen molar-refractivity contribution in [3.63, 3.8) is 0 Å². The number of rotatable bonds is 3. The molecule has 136 valence electrons. The molecule has 5 nitrogen and oxygen atoms in total. The molecule has 1 aromatic heterocycles. The average molecular weight is 373 g/mol. The van der Waals surface area contributed by atoms with Crippen molar-refractivity contribution in [3.8, 4) is 11.3 Å². The first-order valence-corrected chi connectivity index (χ1v) is 9.44. The van der Waals surface area contributed by atoms with Gasteiger partial charge in [0.05, 0.1) is 10.9 Å². The molecule has 26 heavy (non-hydrogen) atoms. The molecule has 2 amide bonds. The van der Waals surface area contributed by atoms with Gasteiger partial charge in [0.15, 0.2) is 5.76 Å². The second kappa shape index (κ2) is 7.16. The van der Waals surface area contributed by atoms with Crippen LogP contribution in [0.1, 0.15) is 29.8 Å². The summed E-state index contributed by atoms with van der Waals surface area (Å²) in [6.07, 6.45) is 2.88. The van der Waals surface area contributed by atoms with Gasteiger partial charge in [-0.1, -0.05) is 23.7 Å². The number of carbonyl (C=O) groups excluding carboxylic acids is 2. The fraction of sp³-hybridized carbons (Fsp3) is 0.400. The molecule has 1 unspecified atom stereocenters. The van der Waals surface area contributed by atoms with Crippen LogP contribution in [-0.2, 0) is 4.79 Å². The Balaban J connectivity index is 1.44. The summed E-state index contributed by atoms with van der Waals surface area (Å²) >= 11 is 6.19. The van der Waals surface area contributed by atoms with Crippen molar-refractivity contribution in [2.75, 3.05) is 26.2 Å². The van der Waals surface area contributed by atoms with Gasteiger partial charge in [0.2, 0.25) is 5.91 Å². The van der Waals surface area contributed by atoms with E-state index in [2.05, 4.69) is 0 Å². The summed E-state index contributed by atoms with van der Waals surface area (Å²) in [6, 6.07) is 10.8. The summed E-state index contributed by atoms with van der Waals surface area (Å²) < 4.78 is 5.75. The zero-order valence-electron chi connectivity index (χ0n) is 14.5. The lowest BCUT2D eigenvalue weighted by Gasteiger charge is -2.20. The van der Waals surface area contributed by atoms with Crippen LogP contribution in [-0.4, -0.2) is 47.8 Å². The van der Waals surface area contributed by atoms with Gasteiger partial charge in [-0.25, -0.2) is 0 Å². The van der Waals surface area contributed by atoms with E-state index >= 15 is 0 Å².